The fourth-order valence-corrected chi connectivity index (χ4v) is 2.10. The van der Waals surface area contributed by atoms with Crippen LogP contribution in [0.25, 0.3) is 0 Å². The van der Waals surface area contributed by atoms with E-state index < -0.39 is 0 Å². The van der Waals surface area contributed by atoms with Gasteiger partial charge in [-0.1, -0.05) is 45.1 Å². The van der Waals surface area contributed by atoms with Crippen molar-refractivity contribution in [1.82, 2.24) is 4.98 Å². The highest BCUT2D eigenvalue weighted by molar-refractivity contribution is 7.80. The first kappa shape index (κ1) is 15.4. The maximum atomic E-state index is 5.79. The Labute approximate surface area is 131 Å². The van der Waals surface area contributed by atoms with Gasteiger partial charge in [-0.15, -0.1) is 0 Å². The third-order valence-corrected chi connectivity index (χ3v) is 3.99. The third kappa shape index (κ3) is 3.58. The van der Waals surface area contributed by atoms with Gasteiger partial charge in [-0.2, -0.15) is 0 Å². The first-order chi connectivity index (χ1) is 9.94. The molecular formula is C17H20N2OS. The minimum atomic E-state index is 0.160. The Kier molecular flexibility index (Phi) is 4.58. The molecule has 0 amide bonds. The fraction of sp³-hybridized carbons (Fsp3) is 0.294. The molecule has 0 atom stereocenters. The largest absolute Gasteiger partial charge is 0.438 e. The molecule has 0 aliphatic heterocycles. The van der Waals surface area contributed by atoms with Gasteiger partial charge in [0, 0.05) is 6.20 Å². The first-order valence-corrected chi connectivity index (χ1v) is 7.38. The number of nitrogens with two attached hydrogens (primary N) is 1. The van der Waals surface area contributed by atoms with Crippen LogP contribution in [0.5, 0.6) is 11.6 Å². The van der Waals surface area contributed by atoms with Gasteiger partial charge in [0.1, 0.15) is 10.7 Å². The van der Waals surface area contributed by atoms with Crippen molar-refractivity contribution < 1.29 is 4.74 Å². The van der Waals surface area contributed by atoms with Crippen molar-refractivity contribution >= 4 is 17.2 Å². The molecule has 0 aliphatic carbocycles. The molecule has 0 fully saturated rings. The first-order valence-electron chi connectivity index (χ1n) is 6.97. The summed E-state index contributed by atoms with van der Waals surface area (Å²) in [6, 6.07) is 11.7. The Hall–Kier alpha value is -1.94. The van der Waals surface area contributed by atoms with Crippen LogP contribution in [0.1, 0.15) is 38.3 Å². The van der Waals surface area contributed by atoms with Gasteiger partial charge >= 0.3 is 0 Å². The molecule has 4 heteroatoms. The predicted molar refractivity (Wildman–Crippen MR) is 90.0 cm³/mol. The highest BCUT2D eigenvalue weighted by atomic mass is 32.1. The van der Waals surface area contributed by atoms with E-state index in [1.807, 2.05) is 12.1 Å². The van der Waals surface area contributed by atoms with Crippen LogP contribution < -0.4 is 10.5 Å². The zero-order valence-electron chi connectivity index (χ0n) is 12.6. The maximum absolute atomic E-state index is 5.79. The van der Waals surface area contributed by atoms with Crippen LogP contribution in [0.3, 0.4) is 0 Å². The van der Waals surface area contributed by atoms with Gasteiger partial charge in [-0.05, 0) is 41.7 Å². The molecule has 0 aliphatic rings. The molecule has 110 valence electrons. The van der Waals surface area contributed by atoms with E-state index >= 15 is 0 Å². The number of pyridine rings is 1. The number of thiocarbonyl (C=S) groups is 1. The summed E-state index contributed by atoms with van der Waals surface area (Å²) in [7, 11) is 0. The van der Waals surface area contributed by atoms with Crippen LogP contribution in [0.2, 0.25) is 0 Å². The van der Waals surface area contributed by atoms with Crippen LogP contribution in [0.4, 0.5) is 0 Å². The number of hydrogen-bond donors (Lipinski definition) is 1. The lowest BCUT2D eigenvalue weighted by Gasteiger charge is -2.23. The Morgan fingerprint density at radius 1 is 1.24 bits per heavy atom. The van der Waals surface area contributed by atoms with Crippen LogP contribution in [0.15, 0.2) is 42.6 Å². The zero-order chi connectivity index (χ0) is 15.5. The third-order valence-electron chi connectivity index (χ3n) is 3.77. The average Bonchev–Trinajstić information content (AvgIpc) is 2.48. The van der Waals surface area contributed by atoms with Crippen molar-refractivity contribution in [3.05, 3.63) is 53.7 Å². The van der Waals surface area contributed by atoms with Crippen molar-refractivity contribution in [2.75, 3.05) is 0 Å². The highest BCUT2D eigenvalue weighted by Crippen LogP contribution is 2.29. The average molecular weight is 300 g/mol. The molecule has 1 aromatic heterocycles. The van der Waals surface area contributed by atoms with Gasteiger partial charge in [-0.25, -0.2) is 4.98 Å². The van der Waals surface area contributed by atoms with E-state index in [1.54, 1.807) is 18.3 Å². The number of benzene rings is 1. The van der Waals surface area contributed by atoms with Crippen LogP contribution >= 0.6 is 12.2 Å². The van der Waals surface area contributed by atoms with Crippen molar-refractivity contribution in [1.29, 1.82) is 0 Å². The van der Waals surface area contributed by atoms with E-state index in [4.69, 9.17) is 22.7 Å². The quantitative estimate of drug-likeness (QED) is 0.841. The van der Waals surface area contributed by atoms with Crippen molar-refractivity contribution in [2.24, 2.45) is 5.73 Å². The van der Waals surface area contributed by atoms with E-state index in [0.717, 1.165) is 12.2 Å². The van der Waals surface area contributed by atoms with Gasteiger partial charge in [0.05, 0.1) is 5.56 Å². The van der Waals surface area contributed by atoms with Gasteiger partial charge < -0.3 is 10.5 Å². The number of hydrogen-bond acceptors (Lipinski definition) is 3. The predicted octanol–water partition coefficient (Wildman–Crippen LogP) is 4.20. The summed E-state index contributed by atoms with van der Waals surface area (Å²) in [6.45, 7) is 6.64. The summed E-state index contributed by atoms with van der Waals surface area (Å²) in [5.41, 5.74) is 7.77. The summed E-state index contributed by atoms with van der Waals surface area (Å²) in [6.07, 6.45) is 2.74. The van der Waals surface area contributed by atoms with Gasteiger partial charge in [0.25, 0.3) is 0 Å². The highest BCUT2D eigenvalue weighted by Gasteiger charge is 2.17. The molecule has 3 nitrogen and oxygen atoms in total. The summed E-state index contributed by atoms with van der Waals surface area (Å²) >= 11 is 5.01. The number of ether oxygens (including phenoxy) is 1. The van der Waals surface area contributed by atoms with E-state index in [-0.39, 0.29) is 10.4 Å². The number of aromatic nitrogens is 1. The molecule has 2 N–H and O–H groups in total. The lowest BCUT2D eigenvalue weighted by molar-refractivity contribution is 0.459. The molecule has 0 spiro atoms. The lowest BCUT2D eigenvalue weighted by atomic mass is 9.82. The monoisotopic (exact) mass is 300 g/mol. The Morgan fingerprint density at radius 2 is 1.90 bits per heavy atom. The zero-order valence-corrected chi connectivity index (χ0v) is 13.4. The Bertz CT molecular complexity index is 635. The second-order valence-corrected chi connectivity index (χ2v) is 6.02. The standard InChI is InChI=1S/C17H20N2OS/c1-4-17(2,3)12-7-9-13(10-8-12)20-16-14(15(18)21)6-5-11-19-16/h5-11H,4H2,1-3H3,(H2,18,21). The molecule has 0 saturated carbocycles. The normalized spacial score (nSPS) is 11.2. The molecule has 21 heavy (non-hydrogen) atoms. The lowest BCUT2D eigenvalue weighted by Crippen LogP contribution is -2.15. The number of nitrogens with zero attached hydrogens (tertiary/aromatic N) is 1. The van der Waals surface area contributed by atoms with Crippen LogP contribution in [-0.2, 0) is 5.41 Å². The molecule has 0 saturated heterocycles. The fourth-order valence-electron chi connectivity index (χ4n) is 1.95. The van der Waals surface area contributed by atoms with Crippen LogP contribution in [0, 0.1) is 0 Å². The van der Waals surface area contributed by atoms with Gasteiger partial charge in [0.2, 0.25) is 5.88 Å². The smallest absolute Gasteiger partial charge is 0.229 e. The molecule has 2 rings (SSSR count). The van der Waals surface area contributed by atoms with Gasteiger partial charge in [0.15, 0.2) is 0 Å². The second-order valence-electron chi connectivity index (χ2n) is 5.58. The van der Waals surface area contributed by atoms with E-state index in [1.165, 1.54) is 5.56 Å². The maximum Gasteiger partial charge on any atom is 0.229 e. The minimum absolute atomic E-state index is 0.160. The topological polar surface area (TPSA) is 48.1 Å². The number of rotatable bonds is 5. The summed E-state index contributed by atoms with van der Waals surface area (Å²) in [4.78, 5) is 4.47. The van der Waals surface area contributed by atoms with Crippen molar-refractivity contribution in [2.45, 2.75) is 32.6 Å². The molecule has 0 unspecified atom stereocenters. The molecular weight excluding hydrogens is 280 g/mol. The van der Waals surface area contributed by atoms with Crippen molar-refractivity contribution in [3.8, 4) is 11.6 Å². The summed E-state index contributed by atoms with van der Waals surface area (Å²) in [5.74, 6) is 1.16. The van der Waals surface area contributed by atoms with E-state index in [9.17, 15) is 0 Å². The summed E-state index contributed by atoms with van der Waals surface area (Å²) in [5, 5.41) is 0. The SMILES string of the molecule is CCC(C)(C)c1ccc(Oc2ncccc2C(N)=S)cc1. The minimum Gasteiger partial charge on any atom is -0.438 e. The van der Waals surface area contributed by atoms with E-state index in [2.05, 4.69) is 37.9 Å². The van der Waals surface area contributed by atoms with Crippen molar-refractivity contribution in [3.63, 3.8) is 0 Å². The Balaban J connectivity index is 2.24. The Morgan fingerprint density at radius 3 is 2.48 bits per heavy atom. The van der Waals surface area contributed by atoms with Gasteiger partial charge in [-0.3, -0.25) is 0 Å². The molecule has 0 radical (unpaired) electrons. The molecule has 1 heterocycles. The summed E-state index contributed by atoms with van der Waals surface area (Å²) < 4.78 is 5.79. The molecule has 1 aromatic carbocycles. The molecule has 2 aromatic rings. The van der Waals surface area contributed by atoms with Crippen LogP contribution in [-0.4, -0.2) is 9.97 Å². The second kappa shape index (κ2) is 6.22. The van der Waals surface area contributed by atoms with E-state index in [0.29, 0.717) is 11.4 Å². The molecule has 0 bridgehead atoms.